The number of rotatable bonds is 3. The van der Waals surface area contributed by atoms with Gasteiger partial charge in [-0.3, -0.25) is 0 Å². The third-order valence-corrected chi connectivity index (χ3v) is 4.94. The summed E-state index contributed by atoms with van der Waals surface area (Å²) >= 11 is 0. The fourth-order valence-electron chi connectivity index (χ4n) is 3.66. The number of halogens is 1. The van der Waals surface area contributed by atoms with E-state index in [-0.39, 0.29) is 5.82 Å². The molecule has 0 aromatic heterocycles. The number of allylic oxidation sites excluding steroid dienone is 1. The molecule has 0 unspecified atom stereocenters. The Labute approximate surface area is 152 Å². The molecule has 2 nitrogen and oxygen atoms in total. The van der Waals surface area contributed by atoms with Crippen LogP contribution in [0.1, 0.15) is 24.0 Å². The monoisotopic (exact) mass is 342 g/mol. The van der Waals surface area contributed by atoms with Gasteiger partial charge in [-0.15, -0.1) is 0 Å². The summed E-state index contributed by atoms with van der Waals surface area (Å²) in [5.41, 5.74) is 3.28. The third kappa shape index (κ3) is 3.07. The van der Waals surface area contributed by atoms with Crippen LogP contribution in [0.4, 0.5) is 10.1 Å². The minimum Gasteiger partial charge on any atom is -0.371 e. The summed E-state index contributed by atoms with van der Waals surface area (Å²) in [6.45, 7) is 2.18. The van der Waals surface area contributed by atoms with Crippen LogP contribution in [-0.2, 0) is 0 Å². The summed E-state index contributed by atoms with van der Waals surface area (Å²) in [5, 5.41) is 11.9. The van der Waals surface area contributed by atoms with Gasteiger partial charge in [0.15, 0.2) is 0 Å². The standard InChI is InChI=1S/C23H19FN2/c24-20-7-5-6-17(15-20)19(16-25)14-18-10-11-23(26-12-3-4-13-26)22-9-2-1-8-21(18)22/h1-2,5-11,14-15H,3-4,12-13H2/b19-14-. The number of hydrogen-bond donors (Lipinski definition) is 0. The van der Waals surface area contributed by atoms with Crippen molar-refractivity contribution in [3.8, 4) is 6.07 Å². The minimum atomic E-state index is -0.335. The Morgan fingerprint density at radius 1 is 0.962 bits per heavy atom. The highest BCUT2D eigenvalue weighted by molar-refractivity contribution is 6.03. The van der Waals surface area contributed by atoms with Gasteiger partial charge in [-0.25, -0.2) is 4.39 Å². The van der Waals surface area contributed by atoms with Crippen LogP contribution in [-0.4, -0.2) is 13.1 Å². The molecule has 0 radical (unpaired) electrons. The lowest BCUT2D eigenvalue weighted by molar-refractivity contribution is 0.627. The van der Waals surface area contributed by atoms with Crippen molar-refractivity contribution in [2.45, 2.75) is 12.8 Å². The molecule has 4 rings (SSSR count). The lowest BCUT2D eigenvalue weighted by Crippen LogP contribution is -2.17. The molecule has 1 aliphatic rings. The second-order valence-corrected chi connectivity index (χ2v) is 6.59. The number of fused-ring (bicyclic) bond motifs is 1. The van der Waals surface area contributed by atoms with Crippen molar-refractivity contribution in [3.63, 3.8) is 0 Å². The number of nitriles is 1. The van der Waals surface area contributed by atoms with E-state index in [0.29, 0.717) is 11.1 Å². The van der Waals surface area contributed by atoms with E-state index in [4.69, 9.17) is 0 Å². The lowest BCUT2D eigenvalue weighted by atomic mass is 9.98. The van der Waals surface area contributed by atoms with Gasteiger partial charge in [0, 0.05) is 24.2 Å². The summed E-state index contributed by atoms with van der Waals surface area (Å²) in [7, 11) is 0. The maximum absolute atomic E-state index is 13.5. The van der Waals surface area contributed by atoms with Crippen molar-refractivity contribution in [1.82, 2.24) is 0 Å². The number of anilines is 1. The molecule has 0 amide bonds. The molecule has 0 bridgehead atoms. The van der Waals surface area contributed by atoms with Crippen LogP contribution in [0.3, 0.4) is 0 Å². The van der Waals surface area contributed by atoms with Gasteiger partial charge >= 0.3 is 0 Å². The van der Waals surface area contributed by atoms with Crippen LogP contribution in [0.25, 0.3) is 22.4 Å². The van der Waals surface area contributed by atoms with E-state index in [0.717, 1.165) is 24.0 Å². The molecule has 1 heterocycles. The van der Waals surface area contributed by atoms with Crippen molar-refractivity contribution < 1.29 is 4.39 Å². The van der Waals surface area contributed by atoms with E-state index in [1.807, 2.05) is 18.2 Å². The van der Waals surface area contributed by atoms with Gasteiger partial charge in [-0.05, 0) is 53.6 Å². The summed E-state index contributed by atoms with van der Waals surface area (Å²) in [4.78, 5) is 2.42. The Morgan fingerprint density at radius 3 is 2.46 bits per heavy atom. The van der Waals surface area contributed by atoms with Crippen molar-refractivity contribution in [1.29, 1.82) is 5.26 Å². The summed E-state index contributed by atoms with van der Waals surface area (Å²) in [6.07, 6.45) is 4.31. The zero-order chi connectivity index (χ0) is 17.9. The molecule has 1 saturated heterocycles. The number of benzene rings is 3. The first-order valence-corrected chi connectivity index (χ1v) is 8.91. The van der Waals surface area contributed by atoms with Crippen molar-refractivity contribution in [2.75, 3.05) is 18.0 Å². The third-order valence-electron chi connectivity index (χ3n) is 4.94. The Hall–Kier alpha value is -3.12. The molecule has 0 N–H and O–H groups in total. The second-order valence-electron chi connectivity index (χ2n) is 6.59. The van der Waals surface area contributed by atoms with Gasteiger partial charge < -0.3 is 4.90 Å². The van der Waals surface area contributed by atoms with Gasteiger partial charge in [0.2, 0.25) is 0 Å². The van der Waals surface area contributed by atoms with E-state index < -0.39 is 0 Å². The normalized spacial score (nSPS) is 14.6. The van der Waals surface area contributed by atoms with Crippen molar-refractivity contribution >= 4 is 28.1 Å². The summed E-state index contributed by atoms with van der Waals surface area (Å²) < 4.78 is 13.5. The van der Waals surface area contributed by atoms with E-state index >= 15 is 0 Å². The molecule has 0 spiro atoms. The molecular formula is C23H19FN2. The Balaban J connectivity index is 1.84. The molecule has 26 heavy (non-hydrogen) atoms. The number of nitrogens with zero attached hydrogens (tertiary/aromatic N) is 2. The van der Waals surface area contributed by atoms with Crippen molar-refractivity contribution in [3.05, 3.63) is 77.6 Å². The summed E-state index contributed by atoms with van der Waals surface area (Å²) in [6, 6.07) is 20.9. The maximum atomic E-state index is 13.5. The van der Waals surface area contributed by atoms with Crippen LogP contribution < -0.4 is 4.90 Å². The highest BCUT2D eigenvalue weighted by Crippen LogP contribution is 2.33. The Morgan fingerprint density at radius 2 is 1.73 bits per heavy atom. The molecule has 0 atom stereocenters. The highest BCUT2D eigenvalue weighted by atomic mass is 19.1. The average molecular weight is 342 g/mol. The highest BCUT2D eigenvalue weighted by Gasteiger charge is 2.15. The molecule has 128 valence electrons. The molecule has 3 aromatic rings. The molecule has 3 aromatic carbocycles. The van der Waals surface area contributed by atoms with Gasteiger partial charge in [0.25, 0.3) is 0 Å². The molecular weight excluding hydrogens is 323 g/mol. The zero-order valence-corrected chi connectivity index (χ0v) is 14.5. The van der Waals surface area contributed by atoms with E-state index in [2.05, 4.69) is 35.2 Å². The summed E-state index contributed by atoms with van der Waals surface area (Å²) in [5.74, 6) is -0.335. The first kappa shape index (κ1) is 16.4. The SMILES string of the molecule is N#C/C(=C/c1ccc(N2CCCC2)c2ccccc12)c1cccc(F)c1. The molecule has 1 aliphatic heterocycles. The predicted molar refractivity (Wildman–Crippen MR) is 105 cm³/mol. The fraction of sp³-hybridized carbons (Fsp3) is 0.174. The quantitative estimate of drug-likeness (QED) is 0.455. The molecule has 0 saturated carbocycles. The largest absolute Gasteiger partial charge is 0.371 e. The van der Waals surface area contributed by atoms with Crippen LogP contribution in [0.5, 0.6) is 0 Å². The second kappa shape index (κ2) is 7.01. The van der Waals surface area contributed by atoms with Gasteiger partial charge in [0.1, 0.15) is 5.82 Å². The average Bonchev–Trinajstić information content (AvgIpc) is 3.20. The first-order valence-electron chi connectivity index (χ1n) is 8.91. The smallest absolute Gasteiger partial charge is 0.123 e. The van der Waals surface area contributed by atoms with E-state index in [1.54, 1.807) is 12.1 Å². The number of hydrogen-bond acceptors (Lipinski definition) is 2. The van der Waals surface area contributed by atoms with Gasteiger partial charge in [-0.1, -0.05) is 42.5 Å². The van der Waals surface area contributed by atoms with Crippen LogP contribution in [0, 0.1) is 17.1 Å². The maximum Gasteiger partial charge on any atom is 0.123 e. The fourth-order valence-corrected chi connectivity index (χ4v) is 3.66. The van der Waals surface area contributed by atoms with E-state index in [9.17, 15) is 9.65 Å². The molecule has 0 aliphatic carbocycles. The van der Waals surface area contributed by atoms with Gasteiger partial charge in [-0.2, -0.15) is 5.26 Å². The van der Waals surface area contributed by atoms with E-state index in [1.165, 1.54) is 36.0 Å². The van der Waals surface area contributed by atoms with Crippen molar-refractivity contribution in [2.24, 2.45) is 0 Å². The topological polar surface area (TPSA) is 27.0 Å². The zero-order valence-electron chi connectivity index (χ0n) is 14.5. The van der Waals surface area contributed by atoms with Gasteiger partial charge in [0.05, 0.1) is 11.6 Å². The predicted octanol–water partition coefficient (Wildman–Crippen LogP) is 5.64. The van der Waals surface area contributed by atoms with Crippen LogP contribution in [0.2, 0.25) is 0 Å². The molecule has 3 heteroatoms. The minimum absolute atomic E-state index is 0.335. The first-order chi connectivity index (χ1) is 12.8. The van der Waals surface area contributed by atoms with Crippen LogP contribution in [0.15, 0.2) is 60.7 Å². The van der Waals surface area contributed by atoms with Crippen LogP contribution >= 0.6 is 0 Å². The Kier molecular flexibility index (Phi) is 4.41. The lowest BCUT2D eigenvalue weighted by Gasteiger charge is -2.20. The Bertz CT molecular complexity index is 1020. The molecule has 1 fully saturated rings.